The molecule has 2 aliphatic rings. The molecule has 7 nitrogen and oxygen atoms in total. The van der Waals surface area contributed by atoms with Crippen LogP contribution >= 0.6 is 0 Å². The van der Waals surface area contributed by atoms with Gasteiger partial charge in [-0.25, -0.2) is 4.98 Å². The maximum atomic E-state index is 4.73. The van der Waals surface area contributed by atoms with E-state index in [9.17, 15) is 0 Å². The lowest BCUT2D eigenvalue weighted by atomic mass is 9.93. The molecule has 0 unspecified atom stereocenters. The molecule has 0 bridgehead atoms. The van der Waals surface area contributed by atoms with Gasteiger partial charge in [-0.2, -0.15) is 5.10 Å². The molecule has 2 saturated heterocycles. The van der Waals surface area contributed by atoms with Crippen LogP contribution < -0.4 is 10.2 Å². The summed E-state index contributed by atoms with van der Waals surface area (Å²) < 4.78 is 0. The summed E-state index contributed by atoms with van der Waals surface area (Å²) in [6.45, 7) is 4.31. The van der Waals surface area contributed by atoms with E-state index >= 15 is 0 Å². The fraction of sp³-hybridized carbons (Fsp3) is 0.435. The summed E-state index contributed by atoms with van der Waals surface area (Å²) in [4.78, 5) is 15.5. The third-order valence-corrected chi connectivity index (χ3v) is 6.66. The Morgan fingerprint density at radius 3 is 2.67 bits per heavy atom. The van der Waals surface area contributed by atoms with Crippen LogP contribution in [0.5, 0.6) is 0 Å². The molecular formula is C23H27N7. The number of hydrogen-bond acceptors (Lipinski definition) is 5. The minimum absolute atomic E-state index is 0.524. The monoisotopic (exact) mass is 401 g/mol. The van der Waals surface area contributed by atoms with Crippen molar-refractivity contribution >= 4 is 27.6 Å². The first-order chi connectivity index (χ1) is 14.9. The van der Waals surface area contributed by atoms with Gasteiger partial charge >= 0.3 is 0 Å². The smallest absolute Gasteiger partial charge is 0.137 e. The number of anilines is 1. The van der Waals surface area contributed by atoms with Gasteiger partial charge in [0, 0.05) is 41.7 Å². The normalized spacial score (nSPS) is 18.5. The highest BCUT2D eigenvalue weighted by atomic mass is 15.2. The predicted octanol–water partition coefficient (Wildman–Crippen LogP) is 3.96. The molecule has 0 amide bonds. The molecule has 6 heterocycles. The van der Waals surface area contributed by atoms with Crippen LogP contribution in [-0.2, 0) is 0 Å². The van der Waals surface area contributed by atoms with E-state index < -0.39 is 0 Å². The van der Waals surface area contributed by atoms with E-state index in [2.05, 4.69) is 43.6 Å². The van der Waals surface area contributed by atoms with Crippen molar-refractivity contribution in [3.05, 3.63) is 36.3 Å². The van der Waals surface area contributed by atoms with Gasteiger partial charge in [0.2, 0.25) is 0 Å². The van der Waals surface area contributed by atoms with Gasteiger partial charge in [0.05, 0.1) is 22.9 Å². The van der Waals surface area contributed by atoms with Crippen molar-refractivity contribution in [2.24, 2.45) is 0 Å². The number of pyridine rings is 2. The maximum Gasteiger partial charge on any atom is 0.137 e. The van der Waals surface area contributed by atoms with Gasteiger partial charge in [-0.3, -0.25) is 10.1 Å². The highest BCUT2D eigenvalue weighted by Crippen LogP contribution is 2.34. The molecule has 154 valence electrons. The molecule has 0 aromatic carbocycles. The first-order valence-electron chi connectivity index (χ1n) is 11.1. The number of fused-ring (bicyclic) bond motifs is 2. The van der Waals surface area contributed by atoms with Crippen LogP contribution in [0.3, 0.4) is 0 Å². The van der Waals surface area contributed by atoms with Crippen molar-refractivity contribution in [2.75, 3.05) is 31.1 Å². The molecule has 3 N–H and O–H groups in total. The quantitative estimate of drug-likeness (QED) is 0.484. The van der Waals surface area contributed by atoms with E-state index in [1.54, 1.807) is 0 Å². The van der Waals surface area contributed by atoms with E-state index in [1.165, 1.54) is 30.3 Å². The van der Waals surface area contributed by atoms with Crippen LogP contribution in [0.2, 0.25) is 0 Å². The fourth-order valence-electron chi connectivity index (χ4n) is 5.00. The number of aromatic nitrogens is 5. The van der Waals surface area contributed by atoms with Gasteiger partial charge in [0.15, 0.2) is 0 Å². The molecule has 7 heteroatoms. The Kier molecular flexibility index (Phi) is 4.41. The van der Waals surface area contributed by atoms with Crippen molar-refractivity contribution in [1.82, 2.24) is 30.5 Å². The zero-order valence-electron chi connectivity index (χ0n) is 17.1. The lowest BCUT2D eigenvalue weighted by molar-refractivity contribution is 0.453. The summed E-state index contributed by atoms with van der Waals surface area (Å²) in [6.07, 6.45) is 9.93. The second-order valence-electron chi connectivity index (χ2n) is 8.58. The van der Waals surface area contributed by atoms with E-state index in [4.69, 9.17) is 9.97 Å². The van der Waals surface area contributed by atoms with Crippen molar-refractivity contribution in [3.63, 3.8) is 0 Å². The van der Waals surface area contributed by atoms with Crippen molar-refractivity contribution in [2.45, 2.75) is 38.0 Å². The Morgan fingerprint density at radius 1 is 0.933 bits per heavy atom. The summed E-state index contributed by atoms with van der Waals surface area (Å²) in [5.74, 6) is 1.61. The molecule has 0 radical (unpaired) electrons. The Labute approximate surface area is 175 Å². The minimum atomic E-state index is 0.524. The second-order valence-corrected chi connectivity index (χ2v) is 8.58. The first-order valence-corrected chi connectivity index (χ1v) is 11.1. The summed E-state index contributed by atoms with van der Waals surface area (Å²) in [5.41, 5.74) is 5.27. The third-order valence-electron chi connectivity index (χ3n) is 6.66. The summed E-state index contributed by atoms with van der Waals surface area (Å²) in [6, 6.07) is 6.51. The highest BCUT2D eigenvalue weighted by molar-refractivity contribution is 5.98. The number of aromatic amines is 2. The zero-order chi connectivity index (χ0) is 19.9. The lowest BCUT2D eigenvalue weighted by Gasteiger charge is -2.28. The highest BCUT2D eigenvalue weighted by Gasteiger charge is 2.20. The second kappa shape index (κ2) is 7.40. The molecule has 2 fully saturated rings. The average molecular weight is 402 g/mol. The number of hydrogen-bond donors (Lipinski definition) is 3. The van der Waals surface area contributed by atoms with Gasteiger partial charge in [0.1, 0.15) is 11.5 Å². The Morgan fingerprint density at radius 2 is 1.80 bits per heavy atom. The predicted molar refractivity (Wildman–Crippen MR) is 120 cm³/mol. The van der Waals surface area contributed by atoms with Crippen LogP contribution in [0.25, 0.3) is 33.2 Å². The van der Waals surface area contributed by atoms with Crippen molar-refractivity contribution in [1.29, 1.82) is 0 Å². The van der Waals surface area contributed by atoms with Gasteiger partial charge in [-0.1, -0.05) is 0 Å². The Bertz CT molecular complexity index is 1180. The van der Waals surface area contributed by atoms with Crippen LogP contribution in [-0.4, -0.2) is 51.3 Å². The lowest BCUT2D eigenvalue weighted by Crippen LogP contribution is -2.30. The average Bonchev–Trinajstić information content (AvgIpc) is 3.43. The van der Waals surface area contributed by atoms with E-state index in [0.29, 0.717) is 5.92 Å². The summed E-state index contributed by atoms with van der Waals surface area (Å²) in [7, 11) is 0. The van der Waals surface area contributed by atoms with E-state index in [0.717, 1.165) is 72.6 Å². The van der Waals surface area contributed by atoms with Gasteiger partial charge in [0.25, 0.3) is 0 Å². The summed E-state index contributed by atoms with van der Waals surface area (Å²) in [5, 5.41) is 13.6. The molecular weight excluding hydrogens is 374 g/mol. The van der Waals surface area contributed by atoms with Crippen LogP contribution in [0, 0.1) is 0 Å². The number of piperidine rings is 2. The molecule has 4 aromatic heterocycles. The SMILES string of the molecule is c1cc2[nH]c(-c3n[nH]c4cnc(C5CCNCC5)cc34)cc2c(N2CCCCC2)n1. The first kappa shape index (κ1) is 17.9. The summed E-state index contributed by atoms with van der Waals surface area (Å²) >= 11 is 0. The Balaban J connectivity index is 1.42. The van der Waals surface area contributed by atoms with Gasteiger partial charge in [-0.05, 0) is 63.4 Å². The molecule has 0 spiro atoms. The molecule has 0 atom stereocenters. The standard InChI is InChI=1S/C23H27N7/c1-2-10-30(11-3-1)23-17-13-20(27-18(17)6-9-25-23)22-16-12-19(15-4-7-24-8-5-15)26-14-21(16)28-29-22/h6,9,12-15,24,27H,1-5,7-8,10-11H2,(H,28,29). The molecule has 4 aromatic rings. The fourth-order valence-corrected chi connectivity index (χ4v) is 5.00. The molecule has 0 saturated carbocycles. The maximum absolute atomic E-state index is 4.73. The minimum Gasteiger partial charge on any atom is -0.356 e. The topological polar surface area (TPSA) is 85.5 Å². The Hall–Kier alpha value is -2.93. The van der Waals surface area contributed by atoms with Crippen LogP contribution in [0.1, 0.15) is 43.7 Å². The van der Waals surface area contributed by atoms with Crippen LogP contribution in [0.15, 0.2) is 30.6 Å². The van der Waals surface area contributed by atoms with Crippen molar-refractivity contribution in [3.8, 4) is 11.4 Å². The van der Waals surface area contributed by atoms with Gasteiger partial charge in [-0.15, -0.1) is 0 Å². The third kappa shape index (κ3) is 3.04. The molecule has 6 rings (SSSR count). The molecule has 30 heavy (non-hydrogen) atoms. The largest absolute Gasteiger partial charge is 0.356 e. The molecule has 2 aliphatic heterocycles. The van der Waals surface area contributed by atoms with Crippen LogP contribution in [0.4, 0.5) is 5.82 Å². The van der Waals surface area contributed by atoms with Crippen molar-refractivity contribution < 1.29 is 0 Å². The zero-order valence-corrected chi connectivity index (χ0v) is 17.1. The number of rotatable bonds is 3. The number of nitrogens with zero attached hydrogens (tertiary/aromatic N) is 4. The van der Waals surface area contributed by atoms with E-state index in [1.807, 2.05) is 12.4 Å². The number of nitrogens with one attached hydrogen (secondary N) is 3. The number of H-pyrrole nitrogens is 2. The van der Waals surface area contributed by atoms with Gasteiger partial charge < -0.3 is 15.2 Å². The van der Waals surface area contributed by atoms with E-state index in [-0.39, 0.29) is 0 Å². The molecule has 0 aliphatic carbocycles.